The van der Waals surface area contributed by atoms with Crippen LogP contribution in [0.5, 0.6) is 0 Å². The zero-order valence-corrected chi connectivity index (χ0v) is 37.6. The molecule has 1 aliphatic rings. The summed E-state index contributed by atoms with van der Waals surface area (Å²) in [5.41, 5.74) is 2.30. The molecule has 1 heterocycles. The number of carbonyl (C=O) groups is 2. The summed E-state index contributed by atoms with van der Waals surface area (Å²) in [6.07, 6.45) is 11.2. The van der Waals surface area contributed by atoms with Crippen molar-refractivity contribution in [1.29, 1.82) is 0 Å². The van der Waals surface area contributed by atoms with Gasteiger partial charge in [0.15, 0.2) is 21.4 Å². The first-order valence-electron chi connectivity index (χ1n) is 22.5. The van der Waals surface area contributed by atoms with Gasteiger partial charge in [0.1, 0.15) is 18.2 Å². The number of benzene rings is 4. The fourth-order valence-corrected chi connectivity index (χ4v) is 8.72. The number of aliphatic hydroxyl groups is 1. The summed E-state index contributed by atoms with van der Waals surface area (Å²) in [4.78, 5) is 26.7. The summed E-state index contributed by atoms with van der Waals surface area (Å²) in [6.45, 7) is 9.97. The summed E-state index contributed by atoms with van der Waals surface area (Å²) in [5, 5.41) is 19.8. The van der Waals surface area contributed by atoms with Crippen LogP contribution in [0, 0.1) is 0 Å². The second-order valence-corrected chi connectivity index (χ2v) is 20.2. The summed E-state index contributed by atoms with van der Waals surface area (Å²) in [5.74, 6) is -0.546. The molecule has 1 unspecified atom stereocenters. The maximum atomic E-state index is 13.4. The van der Waals surface area contributed by atoms with Gasteiger partial charge in [-0.2, -0.15) is 0 Å². The van der Waals surface area contributed by atoms with E-state index in [1.807, 2.05) is 33.9 Å². The third-order valence-corrected chi connectivity index (χ3v) is 12.0. The first-order chi connectivity index (χ1) is 28.4. The van der Waals surface area contributed by atoms with Crippen LogP contribution in [0.25, 0.3) is 21.5 Å². The van der Waals surface area contributed by atoms with E-state index >= 15 is 0 Å². The standard InChI is InChI=1S/C50H71NO7Si/c1-50(2,3)55-36-43-47(54)48(57-45(53)29-17-13-9-7-11-15-23-38-31-33-40-25-19-21-27-42(40)35-38)46(49(56-43)58-59(4)5)51-44(52)28-16-12-8-6-10-14-22-37-30-32-39-24-18-20-26-41(39)34-37/h18-21,24-27,30-35,43,46-49,54,59H,6-17,22-23,28-29,36H2,1-5H3,(H,51,52)/t43-,46-,47-,48-,49?/m1/s1. The third-order valence-electron chi connectivity index (χ3n) is 11.2. The molecule has 2 N–H and O–H groups in total. The fraction of sp³-hybridized carbons (Fsp3) is 0.560. The van der Waals surface area contributed by atoms with Gasteiger partial charge >= 0.3 is 5.97 Å². The molecule has 1 aliphatic heterocycles. The minimum Gasteiger partial charge on any atom is -0.457 e. The van der Waals surface area contributed by atoms with Crippen LogP contribution in [0.4, 0.5) is 0 Å². The van der Waals surface area contributed by atoms with Crippen molar-refractivity contribution >= 4 is 42.5 Å². The van der Waals surface area contributed by atoms with Crippen molar-refractivity contribution in [3.05, 3.63) is 96.1 Å². The Balaban J connectivity index is 1.05. The van der Waals surface area contributed by atoms with Crippen molar-refractivity contribution in [2.45, 2.75) is 173 Å². The Morgan fingerprint density at radius 3 is 1.69 bits per heavy atom. The van der Waals surface area contributed by atoms with E-state index in [0.717, 1.165) is 83.5 Å². The van der Waals surface area contributed by atoms with Crippen molar-refractivity contribution in [1.82, 2.24) is 5.32 Å². The number of fused-ring (bicyclic) bond motifs is 2. The Hall–Kier alpha value is -3.60. The number of ether oxygens (including phenoxy) is 3. The smallest absolute Gasteiger partial charge is 0.306 e. The first kappa shape index (κ1) is 46.5. The molecule has 1 fully saturated rings. The Bertz CT molecular complexity index is 1880. The summed E-state index contributed by atoms with van der Waals surface area (Å²) >= 11 is 0. The molecule has 0 bridgehead atoms. The summed E-state index contributed by atoms with van der Waals surface area (Å²) in [7, 11) is -1.67. The van der Waals surface area contributed by atoms with Crippen LogP contribution in [0.15, 0.2) is 84.9 Å². The van der Waals surface area contributed by atoms with Crippen LogP contribution >= 0.6 is 0 Å². The molecule has 0 aliphatic carbocycles. The molecule has 5 rings (SSSR count). The molecule has 59 heavy (non-hydrogen) atoms. The average Bonchev–Trinajstić information content (AvgIpc) is 3.21. The van der Waals surface area contributed by atoms with E-state index in [1.54, 1.807) is 0 Å². The van der Waals surface area contributed by atoms with Gasteiger partial charge < -0.3 is 29.1 Å². The van der Waals surface area contributed by atoms with Gasteiger partial charge in [-0.3, -0.25) is 9.59 Å². The molecule has 4 aromatic carbocycles. The molecule has 4 aromatic rings. The predicted octanol–water partition coefficient (Wildman–Crippen LogP) is 10.5. The second-order valence-electron chi connectivity index (χ2n) is 17.8. The SMILES string of the molecule is C[SiH](C)OC1O[C@H](COC(C)(C)C)[C@@H](O)[C@H](OC(=O)CCCCCCCCc2ccc3ccccc3c2)[C@H]1NC(=O)CCCCCCCCc1ccc2ccccc2c1. The van der Waals surface area contributed by atoms with Crippen molar-refractivity contribution in [2.75, 3.05) is 6.61 Å². The van der Waals surface area contributed by atoms with E-state index < -0.39 is 45.3 Å². The van der Waals surface area contributed by atoms with Crippen LogP contribution in [-0.2, 0) is 41.1 Å². The quantitative estimate of drug-likeness (QED) is 0.0412. The van der Waals surface area contributed by atoms with Gasteiger partial charge in [0.2, 0.25) is 5.91 Å². The van der Waals surface area contributed by atoms with E-state index in [0.29, 0.717) is 12.8 Å². The number of amides is 1. The molecule has 322 valence electrons. The van der Waals surface area contributed by atoms with E-state index in [2.05, 4.69) is 90.2 Å². The molecule has 0 aromatic heterocycles. The normalized spacial score (nSPS) is 19.7. The van der Waals surface area contributed by atoms with Crippen LogP contribution in [-0.4, -0.2) is 68.9 Å². The number of esters is 1. The molecule has 1 amide bonds. The fourth-order valence-electron chi connectivity index (χ4n) is 7.95. The molecule has 5 atom stereocenters. The van der Waals surface area contributed by atoms with Crippen LogP contribution in [0.1, 0.15) is 122 Å². The second kappa shape index (κ2) is 24.0. The summed E-state index contributed by atoms with van der Waals surface area (Å²) < 4.78 is 24.6. The van der Waals surface area contributed by atoms with Gasteiger partial charge in [-0.05, 0) is 105 Å². The van der Waals surface area contributed by atoms with E-state index in [-0.39, 0.29) is 24.9 Å². The highest BCUT2D eigenvalue weighted by Gasteiger charge is 2.49. The number of aliphatic hydroxyl groups excluding tert-OH is 1. The number of carbonyl (C=O) groups excluding carboxylic acids is 2. The molecule has 8 nitrogen and oxygen atoms in total. The maximum absolute atomic E-state index is 13.4. The third kappa shape index (κ3) is 16.1. The molecule has 0 saturated carbocycles. The lowest BCUT2D eigenvalue weighted by Gasteiger charge is -2.45. The largest absolute Gasteiger partial charge is 0.457 e. The minimum atomic E-state index is -1.67. The highest BCUT2D eigenvalue weighted by molar-refractivity contribution is 6.48. The van der Waals surface area contributed by atoms with Crippen LogP contribution in [0.2, 0.25) is 13.1 Å². The van der Waals surface area contributed by atoms with E-state index in [1.165, 1.54) is 32.7 Å². The van der Waals surface area contributed by atoms with Gasteiger partial charge in [0.05, 0.1) is 12.2 Å². The molecular formula is C50H71NO7Si. The number of unbranched alkanes of at least 4 members (excludes halogenated alkanes) is 10. The number of nitrogens with one attached hydrogen (secondary N) is 1. The maximum Gasteiger partial charge on any atom is 0.306 e. The monoisotopic (exact) mass is 825 g/mol. The van der Waals surface area contributed by atoms with E-state index in [9.17, 15) is 14.7 Å². The highest BCUT2D eigenvalue weighted by atomic mass is 28.3. The van der Waals surface area contributed by atoms with Gasteiger partial charge in [0, 0.05) is 12.8 Å². The lowest BCUT2D eigenvalue weighted by molar-refractivity contribution is -0.259. The topological polar surface area (TPSA) is 103 Å². The Morgan fingerprint density at radius 1 is 0.678 bits per heavy atom. The van der Waals surface area contributed by atoms with Crippen LogP contribution in [0.3, 0.4) is 0 Å². The number of rotatable bonds is 24. The van der Waals surface area contributed by atoms with Crippen LogP contribution < -0.4 is 5.32 Å². The molecular weight excluding hydrogens is 755 g/mol. The molecule has 0 radical (unpaired) electrons. The lowest BCUT2D eigenvalue weighted by atomic mass is 9.96. The molecule has 1 saturated heterocycles. The predicted molar refractivity (Wildman–Crippen MR) is 242 cm³/mol. The first-order valence-corrected chi connectivity index (χ1v) is 25.3. The molecule has 9 heteroatoms. The highest BCUT2D eigenvalue weighted by Crippen LogP contribution is 2.28. The Morgan fingerprint density at radius 2 is 1.17 bits per heavy atom. The van der Waals surface area contributed by atoms with Crippen molar-refractivity contribution < 1.29 is 33.3 Å². The van der Waals surface area contributed by atoms with Gasteiger partial charge in [-0.25, -0.2) is 0 Å². The van der Waals surface area contributed by atoms with E-state index in [4.69, 9.17) is 18.6 Å². The summed E-state index contributed by atoms with van der Waals surface area (Å²) in [6, 6.07) is 29.6. The Kier molecular flexibility index (Phi) is 18.9. The number of aryl methyl sites for hydroxylation is 2. The number of hydrogen-bond donors (Lipinski definition) is 2. The zero-order chi connectivity index (χ0) is 42.0. The lowest BCUT2D eigenvalue weighted by Crippen LogP contribution is -2.66. The Labute approximate surface area is 355 Å². The van der Waals surface area contributed by atoms with Crippen molar-refractivity contribution in [3.63, 3.8) is 0 Å². The number of hydrogen-bond acceptors (Lipinski definition) is 7. The van der Waals surface area contributed by atoms with Gasteiger partial charge in [-0.1, -0.05) is 136 Å². The molecule has 0 spiro atoms. The van der Waals surface area contributed by atoms with Gasteiger partial charge in [-0.15, -0.1) is 0 Å². The van der Waals surface area contributed by atoms with Gasteiger partial charge in [0.25, 0.3) is 0 Å². The van der Waals surface area contributed by atoms with Crippen molar-refractivity contribution in [2.24, 2.45) is 0 Å². The average molecular weight is 826 g/mol. The zero-order valence-electron chi connectivity index (χ0n) is 36.5. The van der Waals surface area contributed by atoms with Crippen molar-refractivity contribution in [3.8, 4) is 0 Å². The minimum absolute atomic E-state index is 0.0992.